The molecule has 1 aromatic rings. The molecule has 0 saturated heterocycles. The Morgan fingerprint density at radius 1 is 1.20 bits per heavy atom. The molecule has 3 nitrogen and oxygen atoms in total. The molecule has 0 aromatic heterocycles. The van der Waals surface area contributed by atoms with E-state index in [4.69, 9.17) is 4.74 Å². The molecule has 0 amide bonds. The second kappa shape index (κ2) is 4.55. The molecule has 0 radical (unpaired) electrons. The maximum absolute atomic E-state index is 9.19. The molecule has 0 fully saturated rings. The minimum Gasteiger partial charge on any atom is -0.508 e. The van der Waals surface area contributed by atoms with Crippen LogP contribution in [0.3, 0.4) is 0 Å². The van der Waals surface area contributed by atoms with Gasteiger partial charge in [-0.1, -0.05) is 18.7 Å². The van der Waals surface area contributed by atoms with Crippen molar-refractivity contribution in [2.45, 2.75) is 6.92 Å². The Balaban J connectivity index is 2.65. The summed E-state index contributed by atoms with van der Waals surface area (Å²) in [5, 5.41) is 18.4. The largest absolute Gasteiger partial charge is 0.508 e. The van der Waals surface area contributed by atoms with E-state index in [1.54, 1.807) is 0 Å². The van der Waals surface area contributed by atoms with Gasteiger partial charge >= 0.3 is 0 Å². The number of benzene rings is 1. The number of hydrogen-bond donors (Lipinski definition) is 2. The van der Waals surface area contributed by atoms with Gasteiger partial charge < -0.3 is 14.9 Å². The molecule has 1 aromatic carbocycles. The molecule has 0 bridgehead atoms. The van der Waals surface area contributed by atoms with Crippen molar-refractivity contribution in [3.8, 4) is 17.2 Å². The Kier molecular flexibility index (Phi) is 3.39. The molecule has 3 heteroatoms. The quantitative estimate of drug-likeness (QED) is 0.744. The lowest BCUT2D eigenvalue weighted by Gasteiger charge is -2.08. The fourth-order valence-corrected chi connectivity index (χ4v) is 0.945. The van der Waals surface area contributed by atoms with Crippen molar-refractivity contribution in [1.82, 2.24) is 0 Å². The average Bonchev–Trinajstić information content (AvgIpc) is 2.12. The Hall–Kier alpha value is -1.90. The number of phenolic OH excluding ortho intramolecular Hbond substituents is 2. The Morgan fingerprint density at radius 2 is 1.73 bits per heavy atom. The third-order valence-electron chi connectivity index (χ3n) is 1.89. The Morgan fingerprint density at radius 3 is 2.20 bits per heavy atom. The van der Waals surface area contributed by atoms with Crippen LogP contribution in [0, 0.1) is 0 Å². The normalized spacial score (nSPS) is 9.67. The molecular formula is C12H14O3. The molecule has 0 spiro atoms. The Bertz CT molecular complexity index is 374. The number of aromatic hydroxyl groups is 2. The van der Waals surface area contributed by atoms with Crippen LogP contribution in [0.5, 0.6) is 17.2 Å². The molecule has 0 saturated carbocycles. The lowest BCUT2D eigenvalue weighted by molar-refractivity contribution is 0.348. The van der Waals surface area contributed by atoms with E-state index < -0.39 is 0 Å². The van der Waals surface area contributed by atoms with Gasteiger partial charge in [-0.25, -0.2) is 0 Å². The first-order valence-corrected chi connectivity index (χ1v) is 4.48. The lowest BCUT2D eigenvalue weighted by atomic mass is 10.2. The van der Waals surface area contributed by atoms with Gasteiger partial charge in [-0.2, -0.15) is 0 Å². The zero-order valence-electron chi connectivity index (χ0n) is 8.66. The van der Waals surface area contributed by atoms with Crippen LogP contribution in [-0.2, 0) is 0 Å². The third-order valence-corrected chi connectivity index (χ3v) is 1.89. The average molecular weight is 206 g/mol. The summed E-state index contributed by atoms with van der Waals surface area (Å²) < 4.78 is 5.31. The van der Waals surface area contributed by atoms with Crippen molar-refractivity contribution in [3.05, 3.63) is 42.5 Å². The van der Waals surface area contributed by atoms with E-state index in [0.717, 1.165) is 11.1 Å². The van der Waals surface area contributed by atoms with E-state index >= 15 is 0 Å². The summed E-state index contributed by atoms with van der Waals surface area (Å²) >= 11 is 0. The zero-order valence-corrected chi connectivity index (χ0v) is 8.66. The van der Waals surface area contributed by atoms with Crippen molar-refractivity contribution in [3.63, 3.8) is 0 Å². The first-order chi connectivity index (χ1) is 6.99. The second-order valence-electron chi connectivity index (χ2n) is 3.36. The van der Waals surface area contributed by atoms with Gasteiger partial charge in [0.05, 0.1) is 0 Å². The topological polar surface area (TPSA) is 49.7 Å². The van der Waals surface area contributed by atoms with Gasteiger partial charge in [-0.15, -0.1) is 0 Å². The van der Waals surface area contributed by atoms with E-state index in [9.17, 15) is 10.2 Å². The van der Waals surface area contributed by atoms with E-state index in [-0.39, 0.29) is 18.1 Å². The van der Waals surface area contributed by atoms with Crippen molar-refractivity contribution in [1.29, 1.82) is 0 Å². The SMILES string of the molecule is C=C(C)C(=C)COc1cc(O)cc(O)c1. The standard InChI is InChI=1S/C12H14O3/c1-8(2)9(3)7-15-12-5-10(13)4-11(14)6-12/h4-6,13-14H,1,3,7H2,2H3. The van der Waals surface area contributed by atoms with Gasteiger partial charge in [-0.05, 0) is 12.5 Å². The highest BCUT2D eigenvalue weighted by molar-refractivity contribution is 5.40. The second-order valence-corrected chi connectivity index (χ2v) is 3.36. The molecule has 0 aliphatic rings. The molecule has 15 heavy (non-hydrogen) atoms. The predicted molar refractivity (Wildman–Crippen MR) is 59.2 cm³/mol. The Labute approximate surface area is 88.9 Å². The summed E-state index contributed by atoms with van der Waals surface area (Å²) in [7, 11) is 0. The number of ether oxygens (including phenoxy) is 1. The predicted octanol–water partition coefficient (Wildman–Crippen LogP) is 2.61. The maximum atomic E-state index is 9.19. The molecular weight excluding hydrogens is 192 g/mol. The van der Waals surface area contributed by atoms with Crippen LogP contribution in [0.1, 0.15) is 6.92 Å². The third kappa shape index (κ3) is 3.38. The van der Waals surface area contributed by atoms with Crippen LogP contribution in [-0.4, -0.2) is 16.8 Å². The van der Waals surface area contributed by atoms with Crippen molar-refractivity contribution < 1.29 is 14.9 Å². The number of phenols is 2. The molecule has 80 valence electrons. The monoisotopic (exact) mass is 206 g/mol. The van der Waals surface area contributed by atoms with Gasteiger partial charge in [0, 0.05) is 18.2 Å². The minimum atomic E-state index is -0.0362. The van der Waals surface area contributed by atoms with E-state index in [1.165, 1.54) is 18.2 Å². The van der Waals surface area contributed by atoms with E-state index in [0.29, 0.717) is 5.75 Å². The van der Waals surface area contributed by atoms with Crippen molar-refractivity contribution in [2.24, 2.45) is 0 Å². The van der Waals surface area contributed by atoms with Crippen LogP contribution in [0.2, 0.25) is 0 Å². The summed E-state index contributed by atoms with van der Waals surface area (Å²) in [6.45, 7) is 9.62. The highest BCUT2D eigenvalue weighted by Gasteiger charge is 2.01. The fourth-order valence-electron chi connectivity index (χ4n) is 0.945. The molecule has 0 aliphatic heterocycles. The van der Waals surface area contributed by atoms with Gasteiger partial charge in [0.25, 0.3) is 0 Å². The van der Waals surface area contributed by atoms with Gasteiger partial charge in [-0.3, -0.25) is 0 Å². The minimum absolute atomic E-state index is 0.0362. The lowest BCUT2D eigenvalue weighted by Crippen LogP contribution is -2.00. The highest BCUT2D eigenvalue weighted by atomic mass is 16.5. The molecule has 0 unspecified atom stereocenters. The van der Waals surface area contributed by atoms with Gasteiger partial charge in [0.1, 0.15) is 23.9 Å². The fraction of sp³-hybridized carbons (Fsp3) is 0.167. The molecule has 0 atom stereocenters. The van der Waals surface area contributed by atoms with Gasteiger partial charge in [0.15, 0.2) is 0 Å². The first-order valence-electron chi connectivity index (χ1n) is 4.48. The maximum Gasteiger partial charge on any atom is 0.127 e. The van der Waals surface area contributed by atoms with Crippen LogP contribution in [0.4, 0.5) is 0 Å². The van der Waals surface area contributed by atoms with Crippen molar-refractivity contribution in [2.75, 3.05) is 6.61 Å². The van der Waals surface area contributed by atoms with Gasteiger partial charge in [0.2, 0.25) is 0 Å². The van der Waals surface area contributed by atoms with Crippen LogP contribution in [0.15, 0.2) is 42.5 Å². The summed E-state index contributed by atoms with van der Waals surface area (Å²) in [6.07, 6.45) is 0. The molecule has 1 rings (SSSR count). The summed E-state index contributed by atoms with van der Waals surface area (Å²) in [6, 6.07) is 4.08. The molecule has 2 N–H and O–H groups in total. The van der Waals surface area contributed by atoms with Crippen LogP contribution in [0.25, 0.3) is 0 Å². The van der Waals surface area contributed by atoms with Crippen molar-refractivity contribution >= 4 is 0 Å². The highest BCUT2D eigenvalue weighted by Crippen LogP contribution is 2.26. The summed E-state index contributed by atoms with van der Waals surface area (Å²) in [4.78, 5) is 0. The number of hydrogen-bond acceptors (Lipinski definition) is 3. The summed E-state index contributed by atoms with van der Waals surface area (Å²) in [5.41, 5.74) is 1.62. The van der Waals surface area contributed by atoms with Crippen LogP contribution < -0.4 is 4.74 Å². The molecule has 0 aliphatic carbocycles. The summed E-state index contributed by atoms with van der Waals surface area (Å²) in [5.74, 6) is 0.326. The van der Waals surface area contributed by atoms with E-state index in [2.05, 4.69) is 13.2 Å². The number of rotatable bonds is 4. The smallest absolute Gasteiger partial charge is 0.127 e. The molecule has 0 heterocycles. The first kappa shape index (κ1) is 11.2. The van der Waals surface area contributed by atoms with E-state index in [1.807, 2.05) is 6.92 Å². The zero-order chi connectivity index (χ0) is 11.4. The van der Waals surface area contributed by atoms with Crippen LogP contribution >= 0.6 is 0 Å².